The second kappa shape index (κ2) is 14.8. The van der Waals surface area contributed by atoms with Gasteiger partial charge in [0.15, 0.2) is 0 Å². The quantitative estimate of drug-likeness (QED) is 0.507. The molecule has 0 amide bonds. The number of quaternary nitrogens is 1. The fourth-order valence-corrected chi connectivity index (χ4v) is 2.74. The number of hydrogen-bond acceptors (Lipinski definition) is 0. The highest BCUT2D eigenvalue weighted by molar-refractivity contribution is 5.64. The molecule has 0 spiro atoms. The molecule has 3 aromatic carbocycles. The topological polar surface area (TPSA) is 0 Å². The van der Waals surface area contributed by atoms with Gasteiger partial charge in [0, 0.05) is 5.56 Å². The smallest absolute Gasteiger partial charge is 0.139 e. The lowest BCUT2D eigenvalue weighted by Gasteiger charge is -2.24. The van der Waals surface area contributed by atoms with E-state index in [0.717, 1.165) is 15.6 Å². The molecule has 162 valence electrons. The molecule has 0 heterocycles. The van der Waals surface area contributed by atoms with Crippen LogP contribution in [0.3, 0.4) is 0 Å². The van der Waals surface area contributed by atoms with Crippen LogP contribution in [0.4, 0.5) is 5.69 Å². The van der Waals surface area contributed by atoms with E-state index in [1.165, 1.54) is 16.8 Å². The highest BCUT2D eigenvalue weighted by Crippen LogP contribution is 2.22. The van der Waals surface area contributed by atoms with Gasteiger partial charge in [-0.25, -0.2) is 0 Å². The summed E-state index contributed by atoms with van der Waals surface area (Å²) in [6, 6.07) is 26.4. The van der Waals surface area contributed by atoms with Crippen molar-refractivity contribution < 1.29 is 12.4 Å². The van der Waals surface area contributed by atoms with E-state index in [-0.39, 0.29) is 12.4 Å². The summed E-state index contributed by atoms with van der Waals surface area (Å²) in [5, 5.41) is 0. The van der Waals surface area contributed by atoms with Crippen LogP contribution in [-0.2, 0) is 0 Å². The second-order valence-corrected chi connectivity index (χ2v) is 7.43. The zero-order valence-corrected chi connectivity index (χ0v) is 19.7. The third kappa shape index (κ3) is 9.95. The molecule has 3 aromatic rings. The summed E-state index contributed by atoms with van der Waals surface area (Å²) >= 11 is 0. The minimum absolute atomic E-state index is 0. The second-order valence-electron chi connectivity index (χ2n) is 7.43. The molecule has 0 aliphatic rings. The molecule has 0 radical (unpaired) electrons. The molecule has 0 N–H and O–H groups in total. The van der Waals surface area contributed by atoms with Gasteiger partial charge in [-0.3, -0.25) is 4.48 Å². The largest absolute Gasteiger partial charge is 1.00 e. The molecule has 0 aliphatic heterocycles. The predicted octanol–water partition coefficient (Wildman–Crippen LogP) is 4.83. The van der Waals surface area contributed by atoms with Gasteiger partial charge in [0.2, 0.25) is 0 Å². The summed E-state index contributed by atoms with van der Waals surface area (Å²) in [6.07, 6.45) is 7.40. The highest BCUT2D eigenvalue weighted by atomic mass is 35.5. The molecular formula is C29H34ClN. The molecule has 0 unspecified atom stereocenters. The molecule has 0 saturated heterocycles. The highest BCUT2D eigenvalue weighted by Gasteiger charge is 2.14. The fourth-order valence-electron chi connectivity index (χ4n) is 2.74. The minimum atomic E-state index is 0. The third-order valence-corrected chi connectivity index (χ3v) is 4.35. The van der Waals surface area contributed by atoms with Crippen LogP contribution in [0, 0.1) is 0 Å². The summed E-state index contributed by atoms with van der Waals surface area (Å²) in [7, 11) is 6.47. The van der Waals surface area contributed by atoms with E-state index in [9.17, 15) is 0 Å². The Balaban J connectivity index is 0.000000437. The summed E-state index contributed by atoms with van der Waals surface area (Å²) in [4.78, 5) is 0. The monoisotopic (exact) mass is 431 g/mol. The van der Waals surface area contributed by atoms with Crippen molar-refractivity contribution in [2.24, 2.45) is 0 Å². The van der Waals surface area contributed by atoms with Crippen LogP contribution >= 0.6 is 0 Å². The van der Waals surface area contributed by atoms with Crippen LogP contribution in [-0.4, -0.2) is 21.1 Å². The SMILES string of the molecule is C=Cc1ccccc1.C=Cc1ccccc1C=C.C=Cc1ccccc1[N+](C)(C)C.[Cl-]. The van der Waals surface area contributed by atoms with Crippen molar-refractivity contribution in [3.63, 3.8) is 0 Å². The Bertz CT molecular complexity index is 923. The van der Waals surface area contributed by atoms with Gasteiger partial charge >= 0.3 is 0 Å². The van der Waals surface area contributed by atoms with Gasteiger partial charge in [-0.1, -0.05) is 117 Å². The van der Waals surface area contributed by atoms with Gasteiger partial charge in [-0.2, -0.15) is 0 Å². The zero-order chi connectivity index (χ0) is 22.4. The molecule has 31 heavy (non-hydrogen) atoms. The Morgan fingerprint density at radius 1 is 0.516 bits per heavy atom. The van der Waals surface area contributed by atoms with E-state index in [1.807, 2.05) is 85.0 Å². The number of halogens is 1. The Kier molecular flexibility index (Phi) is 13.3. The van der Waals surface area contributed by atoms with E-state index in [4.69, 9.17) is 0 Å². The van der Waals surface area contributed by atoms with E-state index < -0.39 is 0 Å². The van der Waals surface area contributed by atoms with Crippen molar-refractivity contribution in [2.45, 2.75) is 0 Å². The standard InChI is InChI=1S/C11H16N.C10H10.C8H8.ClH/c1-5-10-8-6-7-9-11(10)12(2,3)4;1-3-9-7-5-6-8-10(9)4-2;1-2-8-6-4-3-5-7-8;/h5-9H,1H2,2-4H3;3-8H,1-2H2;2-7H,1H2;1H/q+1;;;/p-1. The van der Waals surface area contributed by atoms with E-state index in [0.29, 0.717) is 0 Å². The maximum absolute atomic E-state index is 3.80. The van der Waals surface area contributed by atoms with E-state index in [1.54, 1.807) is 0 Å². The number of para-hydroxylation sites is 1. The molecule has 0 saturated carbocycles. The summed E-state index contributed by atoms with van der Waals surface area (Å²) in [5.74, 6) is 0. The van der Waals surface area contributed by atoms with E-state index >= 15 is 0 Å². The molecule has 0 atom stereocenters. The zero-order valence-electron chi connectivity index (χ0n) is 19.0. The van der Waals surface area contributed by atoms with Gasteiger partial charge in [0.1, 0.15) is 5.69 Å². The Morgan fingerprint density at radius 3 is 1.23 bits per heavy atom. The molecular weight excluding hydrogens is 398 g/mol. The van der Waals surface area contributed by atoms with Crippen molar-refractivity contribution >= 4 is 30.0 Å². The fraction of sp³-hybridized carbons (Fsp3) is 0.103. The van der Waals surface area contributed by atoms with Gasteiger partial charge in [0.25, 0.3) is 0 Å². The van der Waals surface area contributed by atoms with Crippen LogP contribution < -0.4 is 16.9 Å². The van der Waals surface area contributed by atoms with Crippen molar-refractivity contribution in [3.8, 4) is 0 Å². The van der Waals surface area contributed by atoms with Gasteiger partial charge in [-0.15, -0.1) is 0 Å². The summed E-state index contributed by atoms with van der Waals surface area (Å²) in [5.41, 5.74) is 5.96. The van der Waals surface area contributed by atoms with Gasteiger partial charge in [0.05, 0.1) is 21.1 Å². The average Bonchev–Trinajstić information content (AvgIpc) is 2.79. The molecule has 0 fully saturated rings. The molecule has 0 aliphatic carbocycles. The summed E-state index contributed by atoms with van der Waals surface area (Å²) in [6.45, 7) is 14.8. The normalized spacial score (nSPS) is 9.39. The van der Waals surface area contributed by atoms with Crippen molar-refractivity contribution in [3.05, 3.63) is 127 Å². The first-order valence-electron chi connectivity index (χ1n) is 9.92. The minimum Gasteiger partial charge on any atom is -1.00 e. The number of hydrogen-bond donors (Lipinski definition) is 0. The van der Waals surface area contributed by atoms with Crippen LogP contribution in [0.1, 0.15) is 22.3 Å². The van der Waals surface area contributed by atoms with Crippen molar-refractivity contribution in [1.82, 2.24) is 4.48 Å². The number of benzene rings is 3. The maximum Gasteiger partial charge on any atom is 0.139 e. The lowest BCUT2D eigenvalue weighted by atomic mass is 10.1. The Labute approximate surface area is 195 Å². The maximum atomic E-state index is 3.80. The molecule has 1 nitrogen and oxygen atoms in total. The van der Waals surface area contributed by atoms with Crippen LogP contribution in [0.15, 0.2) is 105 Å². The number of rotatable bonds is 5. The number of nitrogens with zero attached hydrogens (tertiary/aromatic N) is 1. The summed E-state index contributed by atoms with van der Waals surface area (Å²) < 4.78 is 0.836. The molecule has 0 bridgehead atoms. The first kappa shape index (κ1) is 27.9. The van der Waals surface area contributed by atoms with Crippen LogP contribution in [0.25, 0.3) is 24.3 Å². The third-order valence-electron chi connectivity index (χ3n) is 4.35. The lowest BCUT2D eigenvalue weighted by molar-refractivity contribution is -0.00000622. The molecule has 2 heteroatoms. The van der Waals surface area contributed by atoms with E-state index in [2.05, 4.69) is 65.7 Å². The van der Waals surface area contributed by atoms with Gasteiger partial charge in [-0.05, 0) is 28.8 Å². The average molecular weight is 432 g/mol. The Hall–Kier alpha value is -3.13. The lowest BCUT2D eigenvalue weighted by Crippen LogP contribution is -3.00. The predicted molar refractivity (Wildman–Crippen MR) is 139 cm³/mol. The first-order valence-corrected chi connectivity index (χ1v) is 9.92. The Morgan fingerprint density at radius 2 is 0.903 bits per heavy atom. The molecule has 0 aromatic heterocycles. The molecule has 3 rings (SSSR count). The van der Waals surface area contributed by atoms with Crippen LogP contribution in [0.2, 0.25) is 0 Å². The van der Waals surface area contributed by atoms with Crippen LogP contribution in [0.5, 0.6) is 0 Å². The van der Waals surface area contributed by atoms with Crippen molar-refractivity contribution in [2.75, 3.05) is 21.1 Å². The van der Waals surface area contributed by atoms with Gasteiger partial charge < -0.3 is 12.4 Å². The first-order chi connectivity index (χ1) is 14.4. The van der Waals surface area contributed by atoms with Crippen molar-refractivity contribution in [1.29, 1.82) is 0 Å².